The number of aromatic hydroxyl groups is 1. The molecular formula is C15H18ClNO4. The van der Waals surface area contributed by atoms with Gasteiger partial charge in [-0.3, -0.25) is 9.59 Å². The predicted molar refractivity (Wildman–Crippen MR) is 79.4 cm³/mol. The minimum Gasteiger partial charge on any atom is -0.506 e. The van der Waals surface area contributed by atoms with E-state index in [1.54, 1.807) is 26.8 Å². The van der Waals surface area contributed by atoms with E-state index in [1.807, 2.05) is 0 Å². The van der Waals surface area contributed by atoms with Crippen LogP contribution < -0.4 is 5.32 Å². The molecule has 6 heteroatoms. The molecule has 1 aromatic carbocycles. The molecule has 5 nitrogen and oxygen atoms in total. The number of hydrogen-bond acceptors (Lipinski definition) is 4. The van der Waals surface area contributed by atoms with Crippen LogP contribution in [0.15, 0.2) is 12.1 Å². The quantitative estimate of drug-likeness (QED) is 0.617. The molecule has 0 bridgehead atoms. The lowest BCUT2D eigenvalue weighted by Gasteiger charge is -2.22. The smallest absolute Gasteiger partial charge is 0.319 e. The van der Waals surface area contributed by atoms with Crippen molar-refractivity contribution < 1.29 is 19.4 Å². The summed E-state index contributed by atoms with van der Waals surface area (Å²) in [7, 11) is 0. The molecule has 1 heterocycles. The van der Waals surface area contributed by atoms with Gasteiger partial charge in [0, 0.05) is 11.8 Å². The second-order valence-corrected chi connectivity index (χ2v) is 6.48. The van der Waals surface area contributed by atoms with Gasteiger partial charge in [-0.05, 0) is 45.2 Å². The van der Waals surface area contributed by atoms with Crippen LogP contribution >= 0.6 is 11.6 Å². The molecule has 0 saturated heterocycles. The van der Waals surface area contributed by atoms with Crippen molar-refractivity contribution in [2.75, 3.05) is 5.32 Å². The molecule has 1 aliphatic rings. The first-order valence-corrected chi connectivity index (χ1v) is 7.10. The number of phenols is 1. The fraction of sp³-hybridized carbons (Fsp3) is 0.467. The van der Waals surface area contributed by atoms with Crippen LogP contribution in [0, 0.1) is 5.92 Å². The number of fused-ring (bicyclic) bond motifs is 1. The van der Waals surface area contributed by atoms with Gasteiger partial charge in [0.05, 0.1) is 5.02 Å². The summed E-state index contributed by atoms with van der Waals surface area (Å²) in [4.78, 5) is 24.3. The van der Waals surface area contributed by atoms with Gasteiger partial charge < -0.3 is 15.2 Å². The van der Waals surface area contributed by atoms with E-state index >= 15 is 0 Å². The first-order valence-electron chi connectivity index (χ1n) is 6.72. The standard InChI is InChI=1S/C15H18ClNO4/c1-15(2,3)21-14(20)9-5-4-8-6-10(16)12(18)7-11(8)17-13(9)19/h6-7,9,18H,4-5H2,1-3H3,(H,17,19). The van der Waals surface area contributed by atoms with E-state index in [2.05, 4.69) is 5.32 Å². The minimum absolute atomic E-state index is 0.105. The number of benzene rings is 1. The highest BCUT2D eigenvalue weighted by Gasteiger charge is 2.33. The van der Waals surface area contributed by atoms with Crippen LogP contribution in [0.4, 0.5) is 5.69 Å². The van der Waals surface area contributed by atoms with Gasteiger partial charge in [0.15, 0.2) is 0 Å². The Morgan fingerprint density at radius 3 is 2.71 bits per heavy atom. The van der Waals surface area contributed by atoms with E-state index in [4.69, 9.17) is 16.3 Å². The summed E-state index contributed by atoms with van der Waals surface area (Å²) in [5, 5.41) is 12.5. The molecule has 0 fully saturated rings. The molecule has 0 saturated carbocycles. The molecule has 1 aromatic rings. The van der Waals surface area contributed by atoms with Gasteiger partial charge in [0.25, 0.3) is 0 Å². The number of halogens is 1. The van der Waals surface area contributed by atoms with Crippen molar-refractivity contribution in [2.45, 2.75) is 39.2 Å². The van der Waals surface area contributed by atoms with Crippen molar-refractivity contribution in [3.8, 4) is 5.75 Å². The van der Waals surface area contributed by atoms with Gasteiger partial charge in [0.2, 0.25) is 5.91 Å². The maximum Gasteiger partial charge on any atom is 0.319 e. The molecule has 114 valence electrons. The molecule has 2 N–H and O–H groups in total. The lowest BCUT2D eigenvalue weighted by molar-refractivity contribution is -0.161. The van der Waals surface area contributed by atoms with Gasteiger partial charge >= 0.3 is 5.97 Å². The van der Waals surface area contributed by atoms with E-state index in [-0.39, 0.29) is 10.8 Å². The van der Waals surface area contributed by atoms with Crippen LogP contribution in [-0.2, 0) is 20.7 Å². The van der Waals surface area contributed by atoms with Gasteiger partial charge in [0.1, 0.15) is 17.3 Å². The molecule has 1 amide bonds. The zero-order valence-corrected chi connectivity index (χ0v) is 13.0. The van der Waals surface area contributed by atoms with Gasteiger partial charge in [-0.2, -0.15) is 0 Å². The summed E-state index contributed by atoms with van der Waals surface area (Å²) in [6.07, 6.45) is 0.840. The Balaban J connectivity index is 2.22. The van der Waals surface area contributed by atoms with Gasteiger partial charge in [-0.25, -0.2) is 0 Å². The highest BCUT2D eigenvalue weighted by molar-refractivity contribution is 6.32. The van der Waals surface area contributed by atoms with Crippen LogP contribution in [0.25, 0.3) is 0 Å². The molecule has 1 aliphatic heterocycles. The SMILES string of the molecule is CC(C)(C)OC(=O)C1CCc2cc(Cl)c(O)cc2NC1=O. The fourth-order valence-electron chi connectivity index (χ4n) is 2.17. The third kappa shape index (κ3) is 3.67. The zero-order chi connectivity index (χ0) is 15.8. The Labute approximate surface area is 128 Å². The first kappa shape index (κ1) is 15.6. The minimum atomic E-state index is -0.863. The Kier molecular flexibility index (Phi) is 4.14. The number of ether oxygens (including phenoxy) is 1. The number of carbonyl (C=O) groups is 2. The van der Waals surface area contributed by atoms with E-state index in [0.29, 0.717) is 18.5 Å². The van der Waals surface area contributed by atoms with E-state index < -0.39 is 23.4 Å². The lowest BCUT2D eigenvalue weighted by Crippen LogP contribution is -2.35. The van der Waals surface area contributed by atoms with Crippen LogP contribution in [-0.4, -0.2) is 22.6 Å². The van der Waals surface area contributed by atoms with Crippen LogP contribution in [0.3, 0.4) is 0 Å². The Bertz CT molecular complexity index is 592. The number of nitrogens with one attached hydrogen (secondary N) is 1. The van der Waals surface area contributed by atoms with Crippen LogP contribution in [0.1, 0.15) is 32.8 Å². The van der Waals surface area contributed by atoms with Crippen molar-refractivity contribution >= 4 is 29.2 Å². The molecular weight excluding hydrogens is 294 g/mol. The third-order valence-corrected chi connectivity index (χ3v) is 3.44. The second kappa shape index (κ2) is 5.56. The first-order chi connectivity index (χ1) is 9.67. The number of aryl methyl sites for hydroxylation is 1. The molecule has 2 rings (SSSR count). The number of rotatable bonds is 1. The molecule has 0 aliphatic carbocycles. The average molecular weight is 312 g/mol. The summed E-state index contributed by atoms with van der Waals surface area (Å²) in [5.41, 5.74) is 0.628. The summed E-state index contributed by atoms with van der Waals surface area (Å²) < 4.78 is 5.27. The van der Waals surface area contributed by atoms with Crippen molar-refractivity contribution in [3.05, 3.63) is 22.7 Å². The molecule has 0 spiro atoms. The van der Waals surface area contributed by atoms with E-state index in [9.17, 15) is 14.7 Å². The fourth-order valence-corrected chi connectivity index (χ4v) is 2.36. The maximum absolute atomic E-state index is 12.2. The monoisotopic (exact) mass is 311 g/mol. The normalized spacial score (nSPS) is 18.5. The van der Waals surface area contributed by atoms with Crippen molar-refractivity contribution in [1.29, 1.82) is 0 Å². The van der Waals surface area contributed by atoms with Crippen molar-refractivity contribution in [1.82, 2.24) is 0 Å². The Morgan fingerprint density at radius 1 is 1.43 bits per heavy atom. The highest BCUT2D eigenvalue weighted by Crippen LogP contribution is 2.34. The number of esters is 1. The molecule has 1 atom stereocenters. The molecule has 21 heavy (non-hydrogen) atoms. The topological polar surface area (TPSA) is 75.6 Å². The molecule has 1 unspecified atom stereocenters. The van der Waals surface area contributed by atoms with Crippen molar-refractivity contribution in [3.63, 3.8) is 0 Å². The third-order valence-electron chi connectivity index (χ3n) is 3.14. The van der Waals surface area contributed by atoms with Gasteiger partial charge in [-0.15, -0.1) is 0 Å². The number of phenolic OH excluding ortho intramolecular Hbond substituents is 1. The summed E-state index contributed by atoms with van der Waals surface area (Å²) in [5.74, 6) is -1.93. The Hall–Kier alpha value is -1.75. The highest BCUT2D eigenvalue weighted by atomic mass is 35.5. The number of anilines is 1. The summed E-state index contributed by atoms with van der Waals surface area (Å²) in [6, 6.07) is 3.00. The summed E-state index contributed by atoms with van der Waals surface area (Å²) in [6.45, 7) is 5.27. The van der Waals surface area contributed by atoms with Gasteiger partial charge in [-0.1, -0.05) is 11.6 Å². The van der Waals surface area contributed by atoms with E-state index in [1.165, 1.54) is 6.07 Å². The number of carbonyl (C=O) groups excluding carboxylic acids is 2. The zero-order valence-electron chi connectivity index (χ0n) is 12.2. The predicted octanol–water partition coefficient (Wildman–Crippen LogP) is 2.89. The number of amides is 1. The largest absolute Gasteiger partial charge is 0.506 e. The second-order valence-electron chi connectivity index (χ2n) is 6.07. The maximum atomic E-state index is 12.2. The lowest BCUT2D eigenvalue weighted by atomic mass is 10.00. The van der Waals surface area contributed by atoms with E-state index in [0.717, 1.165) is 5.56 Å². The Morgan fingerprint density at radius 2 is 2.10 bits per heavy atom. The summed E-state index contributed by atoms with van der Waals surface area (Å²) >= 11 is 5.87. The molecule has 0 radical (unpaired) electrons. The van der Waals surface area contributed by atoms with Crippen LogP contribution in [0.5, 0.6) is 5.75 Å². The molecule has 0 aromatic heterocycles. The average Bonchev–Trinajstić information content (AvgIpc) is 2.47. The number of hydrogen-bond donors (Lipinski definition) is 2. The van der Waals surface area contributed by atoms with Crippen LogP contribution in [0.2, 0.25) is 5.02 Å². The van der Waals surface area contributed by atoms with Crippen molar-refractivity contribution in [2.24, 2.45) is 5.92 Å².